The number of imide groups is 1. The van der Waals surface area contributed by atoms with Gasteiger partial charge in [-0.25, -0.2) is 9.88 Å². The maximum atomic E-state index is 12.4. The van der Waals surface area contributed by atoms with Crippen molar-refractivity contribution in [2.75, 3.05) is 12.0 Å². The van der Waals surface area contributed by atoms with Crippen molar-refractivity contribution in [3.8, 4) is 0 Å². The first-order valence-electron chi connectivity index (χ1n) is 7.00. The Morgan fingerprint density at radius 1 is 1.15 bits per heavy atom. The Bertz CT molecular complexity index is 568. The smallest absolute Gasteiger partial charge is 0.273 e. The Morgan fingerprint density at radius 2 is 1.85 bits per heavy atom. The number of anilines is 1. The second kappa shape index (κ2) is 4.16. The fourth-order valence-electron chi connectivity index (χ4n) is 3.79. The fourth-order valence-corrected chi connectivity index (χ4v) is 3.79. The van der Waals surface area contributed by atoms with Gasteiger partial charge in [-0.1, -0.05) is 18.2 Å². The molecule has 1 aromatic heterocycles. The summed E-state index contributed by atoms with van der Waals surface area (Å²) in [6.07, 6.45) is 6.99. The molecule has 0 spiro atoms. The number of hydrogen-bond acceptors (Lipinski definition) is 3. The summed E-state index contributed by atoms with van der Waals surface area (Å²) < 4.78 is 0. The quantitative estimate of drug-likeness (QED) is 0.649. The Kier molecular flexibility index (Phi) is 2.42. The minimum Gasteiger partial charge on any atom is -0.274 e. The van der Waals surface area contributed by atoms with Crippen molar-refractivity contribution in [3.63, 3.8) is 0 Å². The third-order valence-electron chi connectivity index (χ3n) is 4.70. The Balaban J connectivity index is 1.51. The van der Waals surface area contributed by atoms with Crippen LogP contribution in [0.1, 0.15) is 6.42 Å². The molecule has 2 aliphatic carbocycles. The lowest BCUT2D eigenvalue weighted by atomic mass is 9.85. The van der Waals surface area contributed by atoms with Gasteiger partial charge < -0.3 is 0 Å². The van der Waals surface area contributed by atoms with E-state index in [1.165, 1.54) is 4.90 Å². The molecule has 20 heavy (non-hydrogen) atoms. The highest BCUT2D eigenvalue weighted by Crippen LogP contribution is 2.52. The molecule has 0 aromatic carbocycles. The number of carbonyl (C=O) groups is 2. The molecule has 1 aromatic rings. The summed E-state index contributed by atoms with van der Waals surface area (Å²) in [6, 6.07) is 5.65. The van der Waals surface area contributed by atoms with E-state index in [0.717, 1.165) is 12.2 Å². The second-order valence-electron chi connectivity index (χ2n) is 5.72. The molecular formula is C15H16N3O2+. The van der Waals surface area contributed by atoms with E-state index in [-0.39, 0.29) is 42.2 Å². The van der Waals surface area contributed by atoms with Crippen molar-refractivity contribution in [3.05, 3.63) is 36.5 Å². The Labute approximate surface area is 116 Å². The first-order chi connectivity index (χ1) is 9.75. The third-order valence-corrected chi connectivity index (χ3v) is 4.70. The van der Waals surface area contributed by atoms with E-state index in [9.17, 15) is 9.59 Å². The van der Waals surface area contributed by atoms with Gasteiger partial charge in [-0.15, -0.1) is 0 Å². The Hall–Kier alpha value is -2.17. The molecule has 4 rings (SSSR count). The van der Waals surface area contributed by atoms with Crippen LogP contribution in [0.5, 0.6) is 0 Å². The SMILES string of the molecule is O=C1[C@@H]2[C@@H](C(=O)N1CNc1cccc[nH+]1)[C@@H]1C=C[C@@H]2C1. The molecule has 2 N–H and O–H groups in total. The third kappa shape index (κ3) is 1.52. The highest BCUT2D eigenvalue weighted by atomic mass is 16.2. The molecule has 0 unspecified atom stereocenters. The van der Waals surface area contributed by atoms with Crippen molar-refractivity contribution >= 4 is 17.6 Å². The highest BCUT2D eigenvalue weighted by molar-refractivity contribution is 6.06. The number of aromatic amines is 1. The van der Waals surface area contributed by atoms with Gasteiger partial charge in [0.15, 0.2) is 6.67 Å². The number of aromatic nitrogens is 1. The molecule has 0 radical (unpaired) electrons. The number of H-pyrrole nitrogens is 1. The summed E-state index contributed by atoms with van der Waals surface area (Å²) in [5.74, 6) is 1.09. The van der Waals surface area contributed by atoms with Crippen LogP contribution in [0.4, 0.5) is 5.82 Å². The van der Waals surface area contributed by atoms with Crippen LogP contribution in [-0.4, -0.2) is 23.4 Å². The lowest BCUT2D eigenvalue weighted by molar-refractivity contribution is -0.361. The first-order valence-corrected chi connectivity index (χ1v) is 7.00. The number of pyridine rings is 1. The molecule has 4 atom stereocenters. The van der Waals surface area contributed by atoms with E-state index in [1.54, 1.807) is 6.20 Å². The minimum absolute atomic E-state index is 0.0136. The zero-order chi connectivity index (χ0) is 13.7. The maximum absolute atomic E-state index is 12.4. The number of fused-ring (bicyclic) bond motifs is 5. The minimum atomic E-state index is -0.112. The molecule has 5 heteroatoms. The average Bonchev–Trinajstić information content (AvgIpc) is 3.13. The van der Waals surface area contributed by atoms with E-state index in [2.05, 4.69) is 22.5 Å². The van der Waals surface area contributed by atoms with E-state index < -0.39 is 0 Å². The van der Waals surface area contributed by atoms with Crippen LogP contribution in [0, 0.1) is 23.7 Å². The average molecular weight is 270 g/mol. The zero-order valence-corrected chi connectivity index (χ0v) is 11.0. The van der Waals surface area contributed by atoms with Crippen molar-refractivity contribution in [2.45, 2.75) is 6.42 Å². The monoisotopic (exact) mass is 270 g/mol. The molecule has 102 valence electrons. The van der Waals surface area contributed by atoms with Crippen LogP contribution in [0.2, 0.25) is 0 Å². The molecule has 5 nitrogen and oxygen atoms in total. The van der Waals surface area contributed by atoms with Crippen LogP contribution in [-0.2, 0) is 9.59 Å². The fraction of sp³-hybridized carbons (Fsp3) is 0.400. The van der Waals surface area contributed by atoms with Crippen LogP contribution in [0.3, 0.4) is 0 Å². The lowest BCUT2D eigenvalue weighted by Gasteiger charge is -2.14. The van der Waals surface area contributed by atoms with Gasteiger partial charge in [-0.2, -0.15) is 0 Å². The van der Waals surface area contributed by atoms with Gasteiger partial charge in [-0.3, -0.25) is 14.9 Å². The number of likely N-dealkylation sites (tertiary alicyclic amines) is 1. The molecule has 2 bridgehead atoms. The van der Waals surface area contributed by atoms with E-state index in [1.807, 2.05) is 18.2 Å². The van der Waals surface area contributed by atoms with Gasteiger partial charge >= 0.3 is 0 Å². The van der Waals surface area contributed by atoms with Gasteiger partial charge in [0.05, 0.1) is 18.0 Å². The number of nitrogens with one attached hydrogen (secondary N) is 2. The number of amides is 2. The van der Waals surface area contributed by atoms with Crippen molar-refractivity contribution < 1.29 is 14.6 Å². The summed E-state index contributed by atoms with van der Waals surface area (Å²) in [5.41, 5.74) is 0. The summed E-state index contributed by atoms with van der Waals surface area (Å²) in [6.45, 7) is 0.241. The number of hydrogen-bond donors (Lipinski definition) is 1. The molecule has 2 heterocycles. The van der Waals surface area contributed by atoms with Gasteiger partial charge in [0.2, 0.25) is 11.8 Å². The molecule has 1 saturated carbocycles. The predicted molar refractivity (Wildman–Crippen MR) is 71.1 cm³/mol. The molecule has 3 aliphatic rings. The lowest BCUT2D eigenvalue weighted by Crippen LogP contribution is -2.37. The predicted octanol–water partition coefficient (Wildman–Crippen LogP) is 0.677. The zero-order valence-electron chi connectivity index (χ0n) is 11.0. The van der Waals surface area contributed by atoms with Crippen LogP contribution in [0.15, 0.2) is 36.5 Å². The largest absolute Gasteiger partial charge is 0.274 e. The van der Waals surface area contributed by atoms with Crippen molar-refractivity contribution in [2.24, 2.45) is 23.7 Å². The van der Waals surface area contributed by atoms with Crippen LogP contribution >= 0.6 is 0 Å². The topological polar surface area (TPSA) is 63.6 Å². The van der Waals surface area contributed by atoms with Gasteiger partial charge in [-0.05, 0) is 24.3 Å². The number of carbonyl (C=O) groups excluding carboxylic acids is 2. The number of nitrogens with zero attached hydrogens (tertiary/aromatic N) is 1. The maximum Gasteiger partial charge on any atom is 0.273 e. The van der Waals surface area contributed by atoms with Crippen LogP contribution in [0.25, 0.3) is 0 Å². The number of allylic oxidation sites excluding steroid dienone is 2. The van der Waals surface area contributed by atoms with Gasteiger partial charge in [0.1, 0.15) is 0 Å². The number of rotatable bonds is 3. The molecular weight excluding hydrogens is 254 g/mol. The van der Waals surface area contributed by atoms with E-state index in [4.69, 9.17) is 0 Å². The summed E-state index contributed by atoms with van der Waals surface area (Å²) in [7, 11) is 0. The van der Waals surface area contributed by atoms with Gasteiger partial charge in [0, 0.05) is 6.07 Å². The molecule has 2 amide bonds. The van der Waals surface area contributed by atoms with E-state index in [0.29, 0.717) is 0 Å². The van der Waals surface area contributed by atoms with Crippen LogP contribution < -0.4 is 10.3 Å². The molecule has 2 fully saturated rings. The first kappa shape index (κ1) is 11.6. The van der Waals surface area contributed by atoms with Gasteiger partial charge in [0.25, 0.3) is 5.82 Å². The van der Waals surface area contributed by atoms with Crippen molar-refractivity contribution in [1.82, 2.24) is 4.90 Å². The Morgan fingerprint density at radius 3 is 2.45 bits per heavy atom. The van der Waals surface area contributed by atoms with Crippen molar-refractivity contribution in [1.29, 1.82) is 0 Å². The summed E-state index contributed by atoms with van der Waals surface area (Å²) >= 11 is 0. The molecule has 1 aliphatic heterocycles. The second-order valence-corrected chi connectivity index (χ2v) is 5.72. The normalized spacial score (nSPS) is 33.9. The highest BCUT2D eigenvalue weighted by Gasteiger charge is 2.59. The summed E-state index contributed by atoms with van der Waals surface area (Å²) in [4.78, 5) is 29.3. The van der Waals surface area contributed by atoms with E-state index >= 15 is 0 Å². The molecule has 1 saturated heterocycles. The standard InChI is InChI=1S/C15H15N3O2/c19-14-12-9-4-5-10(7-9)13(12)15(20)18(14)8-17-11-3-1-2-6-16-11/h1-6,9-10,12-13H,7-8H2,(H,16,17)/p+1/t9-,10-,12+,13+/m1/s1. The summed E-state index contributed by atoms with van der Waals surface area (Å²) in [5, 5.41) is 3.10.